The number of hydrogen-bond acceptors (Lipinski definition) is 3. The highest BCUT2D eigenvalue weighted by Gasteiger charge is 2.25. The van der Waals surface area contributed by atoms with Crippen LogP contribution in [0.2, 0.25) is 0 Å². The van der Waals surface area contributed by atoms with Gasteiger partial charge in [-0.1, -0.05) is 0 Å². The fraction of sp³-hybridized carbons (Fsp3) is 0.846. The average molecular weight is 253 g/mol. The van der Waals surface area contributed by atoms with Crippen LogP contribution in [0.3, 0.4) is 0 Å². The Morgan fingerprint density at radius 1 is 1.22 bits per heavy atom. The minimum absolute atomic E-state index is 0.0493. The van der Waals surface area contributed by atoms with Gasteiger partial charge in [0.1, 0.15) is 0 Å². The van der Waals surface area contributed by atoms with Crippen LogP contribution >= 0.6 is 0 Å². The predicted octanol–water partition coefficient (Wildman–Crippen LogP) is 0.159. The van der Waals surface area contributed by atoms with E-state index in [-0.39, 0.29) is 17.7 Å². The van der Waals surface area contributed by atoms with Gasteiger partial charge in [-0.25, -0.2) is 0 Å². The predicted molar refractivity (Wildman–Crippen MR) is 69.0 cm³/mol. The number of piperidine rings is 1. The maximum absolute atomic E-state index is 11.8. The summed E-state index contributed by atoms with van der Waals surface area (Å²) in [5.41, 5.74) is 0. The molecule has 0 bridgehead atoms. The third-order valence-electron chi connectivity index (χ3n) is 3.63. The molecular formula is C13H23N3O2. The highest BCUT2D eigenvalue weighted by atomic mass is 16.2. The Kier molecular flexibility index (Phi) is 4.58. The summed E-state index contributed by atoms with van der Waals surface area (Å²) in [4.78, 5) is 23.3. The van der Waals surface area contributed by atoms with E-state index in [1.807, 2.05) is 0 Å². The second-order valence-electron chi connectivity index (χ2n) is 5.47. The van der Waals surface area contributed by atoms with Gasteiger partial charge in [0.05, 0.1) is 5.92 Å². The standard InChI is InChI=1S/C13H23N3O2/c1-9-2-3-10(8-15-9)13(18)14-7-6-12(17)16-11-4-5-11/h9-11,15H,2-8H2,1H3,(H,14,18)(H,16,17). The second kappa shape index (κ2) is 6.18. The molecule has 2 unspecified atom stereocenters. The third-order valence-corrected chi connectivity index (χ3v) is 3.63. The number of hydrogen-bond donors (Lipinski definition) is 3. The normalized spacial score (nSPS) is 27.6. The molecule has 2 rings (SSSR count). The zero-order valence-electron chi connectivity index (χ0n) is 11.0. The van der Waals surface area contributed by atoms with Crippen molar-refractivity contribution in [3.63, 3.8) is 0 Å². The molecule has 2 amide bonds. The summed E-state index contributed by atoms with van der Waals surface area (Å²) in [7, 11) is 0. The number of nitrogens with one attached hydrogen (secondary N) is 3. The minimum Gasteiger partial charge on any atom is -0.355 e. The molecule has 2 atom stereocenters. The molecule has 1 heterocycles. The van der Waals surface area contributed by atoms with Crippen LogP contribution in [-0.4, -0.2) is 37.0 Å². The lowest BCUT2D eigenvalue weighted by Crippen LogP contribution is -2.44. The van der Waals surface area contributed by atoms with Crippen LogP contribution in [0.15, 0.2) is 0 Å². The molecule has 1 aliphatic heterocycles. The van der Waals surface area contributed by atoms with Crippen molar-refractivity contribution in [2.24, 2.45) is 5.92 Å². The summed E-state index contributed by atoms with van der Waals surface area (Å²) >= 11 is 0. The first kappa shape index (κ1) is 13.3. The highest BCUT2D eigenvalue weighted by Crippen LogP contribution is 2.18. The summed E-state index contributed by atoms with van der Waals surface area (Å²) in [6, 6.07) is 0.913. The van der Waals surface area contributed by atoms with Crippen LogP contribution < -0.4 is 16.0 Å². The zero-order valence-corrected chi connectivity index (χ0v) is 11.0. The molecule has 0 aromatic heterocycles. The largest absolute Gasteiger partial charge is 0.355 e. The van der Waals surface area contributed by atoms with Crippen LogP contribution in [0.25, 0.3) is 0 Å². The van der Waals surface area contributed by atoms with Gasteiger partial charge < -0.3 is 16.0 Å². The lowest BCUT2D eigenvalue weighted by Gasteiger charge is -2.26. The molecule has 1 aliphatic carbocycles. The monoisotopic (exact) mass is 253 g/mol. The van der Waals surface area contributed by atoms with E-state index < -0.39 is 0 Å². The molecule has 5 heteroatoms. The lowest BCUT2D eigenvalue weighted by molar-refractivity contribution is -0.125. The van der Waals surface area contributed by atoms with Gasteiger partial charge in [0.25, 0.3) is 0 Å². The van der Waals surface area contributed by atoms with Gasteiger partial charge >= 0.3 is 0 Å². The van der Waals surface area contributed by atoms with Crippen LogP contribution in [0.4, 0.5) is 0 Å². The van der Waals surface area contributed by atoms with Crippen molar-refractivity contribution >= 4 is 11.8 Å². The summed E-state index contributed by atoms with van der Waals surface area (Å²) in [5.74, 6) is 0.189. The molecule has 1 saturated carbocycles. The molecule has 0 spiro atoms. The maximum atomic E-state index is 11.8. The molecule has 0 aromatic rings. The van der Waals surface area contributed by atoms with Gasteiger partial charge in [-0.15, -0.1) is 0 Å². The van der Waals surface area contributed by atoms with Crippen LogP contribution in [0.5, 0.6) is 0 Å². The van der Waals surface area contributed by atoms with Crippen molar-refractivity contribution in [2.45, 2.75) is 51.1 Å². The third kappa shape index (κ3) is 4.29. The number of carbonyl (C=O) groups is 2. The summed E-state index contributed by atoms with van der Waals surface area (Å²) < 4.78 is 0. The van der Waals surface area contributed by atoms with E-state index in [1.54, 1.807) is 0 Å². The minimum atomic E-state index is 0.0493. The van der Waals surface area contributed by atoms with Crippen molar-refractivity contribution in [1.82, 2.24) is 16.0 Å². The smallest absolute Gasteiger partial charge is 0.224 e. The Balaban J connectivity index is 1.57. The highest BCUT2D eigenvalue weighted by molar-refractivity contribution is 5.80. The molecule has 1 saturated heterocycles. The Bertz CT molecular complexity index is 307. The van der Waals surface area contributed by atoms with Gasteiger partial charge in [0.15, 0.2) is 0 Å². The van der Waals surface area contributed by atoms with Crippen molar-refractivity contribution in [1.29, 1.82) is 0 Å². The zero-order chi connectivity index (χ0) is 13.0. The molecule has 2 aliphatic rings. The van der Waals surface area contributed by atoms with E-state index in [1.165, 1.54) is 0 Å². The molecule has 2 fully saturated rings. The molecule has 18 heavy (non-hydrogen) atoms. The molecule has 0 aromatic carbocycles. The molecule has 0 radical (unpaired) electrons. The van der Waals surface area contributed by atoms with E-state index >= 15 is 0 Å². The molecule has 3 N–H and O–H groups in total. The first-order valence-corrected chi connectivity index (χ1v) is 6.95. The quantitative estimate of drug-likeness (QED) is 0.653. The molecular weight excluding hydrogens is 230 g/mol. The van der Waals surface area contributed by atoms with Crippen LogP contribution in [0.1, 0.15) is 39.0 Å². The van der Waals surface area contributed by atoms with Crippen molar-refractivity contribution in [3.8, 4) is 0 Å². The van der Waals surface area contributed by atoms with Crippen molar-refractivity contribution in [3.05, 3.63) is 0 Å². The van der Waals surface area contributed by atoms with Crippen molar-refractivity contribution in [2.75, 3.05) is 13.1 Å². The van der Waals surface area contributed by atoms with Gasteiger partial charge in [0, 0.05) is 31.6 Å². The van der Waals surface area contributed by atoms with Gasteiger partial charge in [-0.05, 0) is 32.6 Å². The fourth-order valence-corrected chi connectivity index (χ4v) is 2.19. The van der Waals surface area contributed by atoms with E-state index in [0.29, 0.717) is 25.0 Å². The Labute approximate surface area is 108 Å². The van der Waals surface area contributed by atoms with Crippen LogP contribution in [-0.2, 0) is 9.59 Å². The topological polar surface area (TPSA) is 70.2 Å². The molecule has 102 valence electrons. The van der Waals surface area contributed by atoms with E-state index in [4.69, 9.17) is 0 Å². The summed E-state index contributed by atoms with van der Waals surface area (Å²) in [6.45, 7) is 3.33. The van der Waals surface area contributed by atoms with Gasteiger partial charge in [-0.2, -0.15) is 0 Å². The lowest BCUT2D eigenvalue weighted by atomic mass is 9.95. The first-order chi connectivity index (χ1) is 8.65. The Morgan fingerprint density at radius 3 is 2.61 bits per heavy atom. The Morgan fingerprint density at radius 2 is 2.00 bits per heavy atom. The van der Waals surface area contributed by atoms with E-state index in [9.17, 15) is 9.59 Å². The van der Waals surface area contributed by atoms with E-state index in [2.05, 4.69) is 22.9 Å². The number of rotatable bonds is 5. The fourth-order valence-electron chi connectivity index (χ4n) is 2.19. The Hall–Kier alpha value is -1.10. The van der Waals surface area contributed by atoms with Crippen LogP contribution in [0, 0.1) is 5.92 Å². The van der Waals surface area contributed by atoms with Gasteiger partial charge in [-0.3, -0.25) is 9.59 Å². The number of carbonyl (C=O) groups excluding carboxylic acids is 2. The van der Waals surface area contributed by atoms with Gasteiger partial charge in [0.2, 0.25) is 11.8 Å². The molecule has 5 nitrogen and oxygen atoms in total. The van der Waals surface area contributed by atoms with Crippen molar-refractivity contribution < 1.29 is 9.59 Å². The first-order valence-electron chi connectivity index (χ1n) is 6.95. The second-order valence-corrected chi connectivity index (χ2v) is 5.47. The number of amides is 2. The summed E-state index contributed by atoms with van der Waals surface area (Å²) in [5, 5.41) is 9.07. The maximum Gasteiger partial charge on any atom is 0.224 e. The SMILES string of the molecule is CC1CCC(C(=O)NCCC(=O)NC2CC2)CN1. The summed E-state index contributed by atoms with van der Waals surface area (Å²) in [6.07, 6.45) is 4.57. The average Bonchev–Trinajstić information content (AvgIpc) is 3.13. The van der Waals surface area contributed by atoms with E-state index in [0.717, 1.165) is 32.2 Å².